The van der Waals surface area contributed by atoms with E-state index < -0.39 is 0 Å². The highest BCUT2D eigenvalue weighted by molar-refractivity contribution is 7.15. The zero-order valence-corrected chi connectivity index (χ0v) is 14.6. The summed E-state index contributed by atoms with van der Waals surface area (Å²) in [6.07, 6.45) is 3.85. The molecule has 1 heterocycles. The Hall–Kier alpha value is -0.650. The average molecular weight is 311 g/mol. The van der Waals surface area contributed by atoms with Crippen molar-refractivity contribution >= 4 is 16.5 Å². The van der Waals surface area contributed by atoms with Gasteiger partial charge in [-0.05, 0) is 25.7 Å². The maximum absolute atomic E-state index is 5.32. The second kappa shape index (κ2) is 8.11. The van der Waals surface area contributed by atoms with Crippen molar-refractivity contribution in [3.8, 4) is 0 Å². The van der Waals surface area contributed by atoms with Gasteiger partial charge in [0.25, 0.3) is 0 Å². The van der Waals surface area contributed by atoms with E-state index in [4.69, 9.17) is 9.72 Å². The Balaban J connectivity index is 2.07. The van der Waals surface area contributed by atoms with Gasteiger partial charge in [0.1, 0.15) is 0 Å². The molecule has 1 aromatic rings. The number of aromatic nitrogens is 1. The van der Waals surface area contributed by atoms with E-state index in [1.165, 1.54) is 24.1 Å². The molecule has 0 radical (unpaired) electrons. The average Bonchev–Trinajstić information content (AvgIpc) is 3.24. The minimum Gasteiger partial charge on any atom is -0.378 e. The highest BCUT2D eigenvalue weighted by Gasteiger charge is 2.22. The van der Waals surface area contributed by atoms with Gasteiger partial charge in [-0.15, -0.1) is 11.3 Å². The van der Waals surface area contributed by atoms with Crippen molar-refractivity contribution in [2.75, 3.05) is 25.1 Å². The van der Waals surface area contributed by atoms with Crippen molar-refractivity contribution in [1.82, 2.24) is 10.3 Å². The molecule has 120 valence electrons. The summed E-state index contributed by atoms with van der Waals surface area (Å²) in [7, 11) is 1.74. The summed E-state index contributed by atoms with van der Waals surface area (Å²) >= 11 is 1.83. The first kappa shape index (κ1) is 16.7. The van der Waals surface area contributed by atoms with Gasteiger partial charge in [-0.1, -0.05) is 20.3 Å². The van der Waals surface area contributed by atoms with E-state index in [2.05, 4.69) is 31.0 Å². The topological polar surface area (TPSA) is 37.4 Å². The predicted octanol–water partition coefficient (Wildman–Crippen LogP) is 3.41. The summed E-state index contributed by atoms with van der Waals surface area (Å²) in [5, 5.41) is 4.74. The third-order valence-corrected chi connectivity index (χ3v) is 5.22. The highest BCUT2D eigenvalue weighted by atomic mass is 32.1. The quantitative estimate of drug-likeness (QED) is 0.718. The molecule has 1 aliphatic rings. The van der Waals surface area contributed by atoms with Gasteiger partial charge in [-0.3, -0.25) is 0 Å². The number of thiazole rings is 1. The summed E-state index contributed by atoms with van der Waals surface area (Å²) < 4.78 is 5.32. The third kappa shape index (κ3) is 4.94. The monoisotopic (exact) mass is 311 g/mol. The van der Waals surface area contributed by atoms with Gasteiger partial charge in [-0.25, -0.2) is 4.98 Å². The Morgan fingerprint density at radius 1 is 1.43 bits per heavy atom. The molecular formula is C16H29N3OS. The second-order valence-corrected chi connectivity index (χ2v) is 7.07. The lowest BCUT2D eigenvalue weighted by molar-refractivity contribution is 0.181. The molecule has 1 aliphatic carbocycles. The molecule has 1 fully saturated rings. The number of nitrogens with zero attached hydrogens (tertiary/aromatic N) is 2. The smallest absolute Gasteiger partial charge is 0.185 e. The Morgan fingerprint density at radius 3 is 2.76 bits per heavy atom. The molecule has 1 atom stereocenters. The molecule has 0 bridgehead atoms. The lowest BCUT2D eigenvalue weighted by Gasteiger charge is -2.23. The highest BCUT2D eigenvalue weighted by Crippen LogP contribution is 2.29. The number of ether oxygens (including phenoxy) is 1. The number of hydrogen-bond acceptors (Lipinski definition) is 5. The molecule has 5 heteroatoms. The van der Waals surface area contributed by atoms with Crippen LogP contribution >= 0.6 is 11.3 Å². The van der Waals surface area contributed by atoms with Gasteiger partial charge in [0.2, 0.25) is 0 Å². The molecule has 0 aliphatic heterocycles. The molecule has 1 unspecified atom stereocenters. The number of rotatable bonds is 10. The van der Waals surface area contributed by atoms with Gasteiger partial charge in [0.05, 0.1) is 12.3 Å². The molecule has 0 saturated heterocycles. The zero-order chi connectivity index (χ0) is 15.2. The summed E-state index contributed by atoms with van der Waals surface area (Å²) in [4.78, 5) is 8.57. The molecule has 1 N–H and O–H groups in total. The summed E-state index contributed by atoms with van der Waals surface area (Å²) in [5.74, 6) is 0.702. The molecule has 1 aromatic heterocycles. The molecule has 1 saturated carbocycles. The normalized spacial score (nSPS) is 16.2. The number of nitrogens with one attached hydrogen (secondary N) is 1. The minimum absolute atomic E-state index is 0.610. The third-order valence-electron chi connectivity index (χ3n) is 4.06. The van der Waals surface area contributed by atoms with E-state index in [1.807, 2.05) is 11.3 Å². The van der Waals surface area contributed by atoms with Crippen molar-refractivity contribution in [3.63, 3.8) is 0 Å². The first-order valence-electron chi connectivity index (χ1n) is 8.13. The van der Waals surface area contributed by atoms with E-state index in [0.717, 1.165) is 36.5 Å². The van der Waals surface area contributed by atoms with Crippen LogP contribution in [-0.4, -0.2) is 31.2 Å². The van der Waals surface area contributed by atoms with Crippen molar-refractivity contribution < 1.29 is 4.74 Å². The van der Waals surface area contributed by atoms with Gasteiger partial charge < -0.3 is 15.0 Å². The van der Waals surface area contributed by atoms with Crippen molar-refractivity contribution in [1.29, 1.82) is 0 Å². The first-order chi connectivity index (χ1) is 10.2. The summed E-state index contributed by atoms with van der Waals surface area (Å²) in [6, 6.07) is 0.730. The minimum atomic E-state index is 0.610. The standard InChI is InChI=1S/C16H29N3OS/c1-5-12(3)10-19(6-2)16-18-14(11-20-4)15(21-16)9-17-13-7-8-13/h12-13,17H,5-11H2,1-4H3. The lowest BCUT2D eigenvalue weighted by Crippen LogP contribution is -2.27. The van der Waals surface area contributed by atoms with E-state index >= 15 is 0 Å². The van der Waals surface area contributed by atoms with Crippen LogP contribution in [0.25, 0.3) is 0 Å². The van der Waals surface area contributed by atoms with E-state index in [1.54, 1.807) is 7.11 Å². The fourth-order valence-electron chi connectivity index (χ4n) is 2.26. The Kier molecular flexibility index (Phi) is 6.45. The first-order valence-corrected chi connectivity index (χ1v) is 8.95. The van der Waals surface area contributed by atoms with E-state index in [9.17, 15) is 0 Å². The van der Waals surface area contributed by atoms with Crippen LogP contribution in [0.5, 0.6) is 0 Å². The molecular weight excluding hydrogens is 282 g/mol. The van der Waals surface area contributed by atoms with Crippen LogP contribution in [0.15, 0.2) is 0 Å². The molecule has 0 aromatic carbocycles. The van der Waals surface area contributed by atoms with E-state index in [-0.39, 0.29) is 0 Å². The predicted molar refractivity (Wildman–Crippen MR) is 90.0 cm³/mol. The van der Waals surface area contributed by atoms with E-state index in [0.29, 0.717) is 12.5 Å². The largest absolute Gasteiger partial charge is 0.378 e. The Labute approximate surface area is 132 Å². The summed E-state index contributed by atoms with van der Waals surface area (Å²) in [5.41, 5.74) is 1.10. The Bertz CT molecular complexity index is 431. The van der Waals surface area contributed by atoms with Crippen LogP contribution in [0.2, 0.25) is 0 Å². The van der Waals surface area contributed by atoms with Crippen LogP contribution in [0.4, 0.5) is 5.13 Å². The summed E-state index contributed by atoms with van der Waals surface area (Å²) in [6.45, 7) is 10.4. The molecule has 0 spiro atoms. The van der Waals surface area contributed by atoms with Crippen LogP contribution in [0, 0.1) is 5.92 Å². The molecule has 2 rings (SSSR count). The van der Waals surface area contributed by atoms with Gasteiger partial charge in [-0.2, -0.15) is 0 Å². The van der Waals surface area contributed by atoms with Crippen molar-refractivity contribution in [3.05, 3.63) is 10.6 Å². The van der Waals surface area contributed by atoms with Crippen LogP contribution < -0.4 is 10.2 Å². The maximum atomic E-state index is 5.32. The zero-order valence-electron chi connectivity index (χ0n) is 13.8. The van der Waals surface area contributed by atoms with Crippen LogP contribution in [0.3, 0.4) is 0 Å². The van der Waals surface area contributed by atoms with Crippen molar-refractivity contribution in [2.45, 2.75) is 59.2 Å². The fraction of sp³-hybridized carbons (Fsp3) is 0.812. The number of methoxy groups -OCH3 is 1. The molecule has 21 heavy (non-hydrogen) atoms. The molecule has 0 amide bonds. The lowest BCUT2D eigenvalue weighted by atomic mass is 10.1. The van der Waals surface area contributed by atoms with Crippen LogP contribution in [0.1, 0.15) is 50.6 Å². The maximum Gasteiger partial charge on any atom is 0.185 e. The second-order valence-electron chi connectivity index (χ2n) is 6.01. The van der Waals surface area contributed by atoms with Crippen molar-refractivity contribution in [2.24, 2.45) is 5.92 Å². The van der Waals surface area contributed by atoms with Gasteiger partial charge in [0, 0.05) is 37.7 Å². The van der Waals surface area contributed by atoms with Crippen LogP contribution in [-0.2, 0) is 17.9 Å². The Morgan fingerprint density at radius 2 is 2.19 bits per heavy atom. The molecule has 4 nitrogen and oxygen atoms in total. The number of anilines is 1. The van der Waals surface area contributed by atoms with Gasteiger partial charge >= 0.3 is 0 Å². The number of hydrogen-bond donors (Lipinski definition) is 1. The fourth-order valence-corrected chi connectivity index (χ4v) is 3.35. The SMILES string of the molecule is CCC(C)CN(CC)c1nc(COC)c(CNC2CC2)s1. The van der Waals surface area contributed by atoms with Gasteiger partial charge in [0.15, 0.2) is 5.13 Å².